The van der Waals surface area contributed by atoms with Crippen LogP contribution in [0.1, 0.15) is 234 Å². The Hall–Kier alpha value is -5.76. The SMILES string of the molecule is CC(C)(C)[Si](C)(C)OC[C@H](NC(=O)OCC1c2ccccc2-c2ccccc21)C(=O)O.CC(C)CC(CC(=O)[C@@H](N)CO[Si](C)(C)C(C)(C)C)C(=O)[C@@]1(CO[Si](C)(C)C(C)(C)C)CO1.CC(C)CC(CC(=O)[C@H](CO[Si](C)(C)C(C)(C)C)NC(=O)OCC1c2ccccc2-c2ccccc21)C(O)[C@@]1(CO[Si](C)(C)C(C)(C)C)CO1.CC(C)C[C@H](N)[C@H](O)[C@@]1(CO[Si](C)(C)C(C)(C)C)CO1.[2H]C#C. The van der Waals surface area contributed by atoms with Crippen LogP contribution in [0.5, 0.6) is 0 Å². The summed E-state index contributed by atoms with van der Waals surface area (Å²) in [7, 11) is -12.3. The molecule has 3 unspecified atom stereocenters. The van der Waals surface area contributed by atoms with E-state index in [1.165, 1.54) is 6.40 Å². The summed E-state index contributed by atoms with van der Waals surface area (Å²) in [6.07, 6.45) is 5.06. The van der Waals surface area contributed by atoms with Crippen molar-refractivity contribution in [1.29, 1.82) is 0 Å². The predicted molar refractivity (Wildman–Crippen MR) is 564 cm³/mol. The molecule has 9 rings (SSSR count). The van der Waals surface area contributed by atoms with Crippen LogP contribution in [0, 0.1) is 42.4 Å². The maximum Gasteiger partial charge on any atom is 0.407 e. The molecule has 0 saturated carbocycles. The molecule has 2 aliphatic carbocycles. The number of nitrogens with one attached hydrogen (secondary N) is 2. The van der Waals surface area contributed by atoms with Crippen molar-refractivity contribution in [2.75, 3.05) is 72.7 Å². The number of aliphatic carboxylic acids is 1. The molecule has 11 atom stereocenters. The number of Topliss-reactive ketones (excluding diaryl/α,β-unsaturated/α-hetero) is 3. The average molecular weight is 2000 g/mol. The Bertz CT molecular complexity index is 4540. The zero-order valence-corrected chi connectivity index (χ0v) is 96.1. The van der Waals surface area contributed by atoms with E-state index < -0.39 is 121 Å². The Morgan fingerprint density at radius 3 is 1.04 bits per heavy atom. The van der Waals surface area contributed by atoms with Gasteiger partial charge in [0, 0.05) is 36.6 Å². The normalized spacial score (nSPS) is 19.9. The number of carbonyl (C=O) groups excluding carboxylic acids is 5. The quantitative estimate of drug-likeness (QED) is 0.0123. The van der Waals surface area contributed by atoms with Crippen molar-refractivity contribution in [3.63, 3.8) is 0 Å². The zero-order valence-electron chi connectivity index (χ0n) is 91.1. The number of rotatable bonds is 43. The number of ether oxygens (including phenoxy) is 5. The molecule has 2 amide bonds. The highest BCUT2D eigenvalue weighted by Gasteiger charge is 2.59. The number of nitrogens with two attached hydrogens (primary N) is 2. The first-order valence-electron chi connectivity index (χ1n) is 49.6. The number of carbonyl (C=O) groups is 6. The van der Waals surface area contributed by atoms with Crippen LogP contribution in [0.15, 0.2) is 97.1 Å². The van der Waals surface area contributed by atoms with Crippen LogP contribution in [0.4, 0.5) is 9.59 Å². The van der Waals surface area contributed by atoms with Gasteiger partial charge in [-0.15, -0.1) is 12.8 Å². The average Bonchev–Trinajstić information content (AvgIpc) is 1.62. The minimum absolute atomic E-state index is 0.0132. The number of aliphatic hydroxyl groups excluding tert-OH is 2. The Balaban J connectivity index is 0.000000335. The predicted octanol–water partition coefficient (Wildman–Crippen LogP) is 21.8. The van der Waals surface area contributed by atoms with E-state index in [1.54, 1.807) is 0 Å². The van der Waals surface area contributed by atoms with Gasteiger partial charge in [0.05, 0.1) is 71.6 Å². The molecule has 24 nitrogen and oxygen atoms in total. The number of fused-ring (bicyclic) bond motifs is 6. The maximum atomic E-state index is 14.2. The van der Waals surface area contributed by atoms with Crippen LogP contribution < -0.4 is 22.1 Å². The van der Waals surface area contributed by atoms with Crippen LogP contribution in [-0.2, 0) is 69.4 Å². The summed E-state index contributed by atoms with van der Waals surface area (Å²) in [5, 5.41) is 37.3. The van der Waals surface area contributed by atoms with E-state index in [-0.39, 0.29) is 136 Å². The highest BCUT2D eigenvalue weighted by Crippen LogP contribution is 2.50. The van der Waals surface area contributed by atoms with E-state index in [9.17, 15) is 44.1 Å². The summed E-state index contributed by atoms with van der Waals surface area (Å²) in [6, 6.07) is 29.5. The molecule has 0 aromatic heterocycles. The highest BCUT2D eigenvalue weighted by atomic mass is 28.4. The van der Waals surface area contributed by atoms with Crippen molar-refractivity contribution >= 4 is 85.4 Å². The Morgan fingerprint density at radius 1 is 0.434 bits per heavy atom. The number of carboxylic acid groups (broad SMARTS) is 1. The van der Waals surface area contributed by atoms with Gasteiger partial charge in [0.15, 0.2) is 78.9 Å². The third kappa shape index (κ3) is 33.2. The van der Waals surface area contributed by atoms with E-state index in [0.717, 1.165) is 50.9 Å². The molecule has 3 fully saturated rings. The molecule has 9 N–H and O–H groups in total. The summed E-state index contributed by atoms with van der Waals surface area (Å²) in [4.78, 5) is 78.3. The van der Waals surface area contributed by atoms with E-state index in [4.69, 9.17) is 63.1 Å². The molecule has 3 heterocycles. The Kier molecular flexibility index (Phi) is 42.1. The first kappa shape index (κ1) is 119. The number of benzene rings is 4. The van der Waals surface area contributed by atoms with E-state index >= 15 is 0 Å². The third-order valence-electron chi connectivity index (χ3n) is 30.5. The largest absolute Gasteiger partial charge is 0.480 e. The standard InChI is InChI=1S/C40H63NO7Si2.C25H51NO5Si2.C24H31NO5Si.C15H33NO3Si.C2H2/c1-27(2)21-28(36(43)40(25-46-40)26-48-50(11,12)39(6,7)8)22-35(42)34(24-47-49(9,10)38(3,4)5)41-37(44)45-23-33-31-19-15-13-17-29(31)30-18-14-16-20-32(30)33;1-18(2)13-19(14-21(27)20(26)15-30-32(9,10)23(3,4)5)22(28)25(16-29-25)17-31-33(11,12)24(6,7)8;1-24(2,3)31(4,5)30-15-21(22(26)27)25-23(28)29-14-20-18-12-8-6-10-16(18)17-11-7-9-13-19(17)20;1-11(2)8-12(16)13(17)15(9-18-15)10-19-20(6,7)14(3,4)5;1-2/h13-20,27-28,33-34,36,43H,21-26H2,1-12H3,(H,41,44);18-20H,13-17,26H2,1-12H3;6-13,20-21H,14-15H2,1-5H3,(H,25,28)(H,26,27);11-13,17H,8-10,16H2,1-7H3;1-2H/t28?,34-,36?,40-;19?,20-,25-;21-;12-,13-,15-;/m0000./s1/i;;;;1D. The van der Waals surface area contributed by atoms with Crippen LogP contribution >= 0.6 is 0 Å². The van der Waals surface area contributed by atoms with E-state index in [2.05, 4.69) is 285 Å². The van der Waals surface area contributed by atoms with Gasteiger partial charge in [-0.1, -0.05) is 263 Å². The van der Waals surface area contributed by atoms with Crippen molar-refractivity contribution in [3.05, 3.63) is 119 Å². The summed E-state index contributed by atoms with van der Waals surface area (Å²) in [6.45, 7) is 79.9. The first-order chi connectivity index (χ1) is 62.6. The van der Waals surface area contributed by atoms with Gasteiger partial charge in [0.25, 0.3) is 0 Å². The number of epoxide rings is 3. The van der Waals surface area contributed by atoms with Gasteiger partial charge >= 0.3 is 18.2 Å². The molecule has 136 heavy (non-hydrogen) atoms. The lowest BCUT2D eigenvalue weighted by atomic mass is 9.81. The molecular weight excluding hydrogens is 1820 g/mol. The van der Waals surface area contributed by atoms with Crippen LogP contribution in [-0.4, -0.2) is 227 Å². The van der Waals surface area contributed by atoms with Gasteiger partial charge in [0.2, 0.25) is 0 Å². The molecule has 4 aromatic rings. The molecule has 3 saturated heterocycles. The molecule has 0 radical (unpaired) electrons. The second kappa shape index (κ2) is 48.1. The first-order valence-corrected chi connectivity index (χ1v) is 66.6. The Morgan fingerprint density at radius 2 is 0.728 bits per heavy atom. The number of terminal acetylenes is 1. The zero-order chi connectivity index (χ0) is 105. The van der Waals surface area contributed by atoms with Crippen molar-refractivity contribution in [2.24, 2.45) is 41.1 Å². The van der Waals surface area contributed by atoms with Crippen molar-refractivity contribution in [1.82, 2.24) is 10.6 Å². The van der Waals surface area contributed by atoms with Crippen molar-refractivity contribution in [2.45, 2.75) is 372 Å². The fourth-order valence-electron chi connectivity index (χ4n) is 14.8. The molecule has 768 valence electrons. The molecule has 5 aliphatic rings. The molecule has 0 bridgehead atoms. The summed E-state index contributed by atoms with van der Waals surface area (Å²) < 4.78 is 71.9. The monoisotopic (exact) mass is 2000 g/mol. The summed E-state index contributed by atoms with van der Waals surface area (Å²) in [5.41, 5.74) is 19.0. The van der Waals surface area contributed by atoms with Gasteiger partial charge in [-0.25, -0.2) is 14.4 Å². The number of hydrogen-bond acceptors (Lipinski definition) is 21. The topological polar surface area (TPSA) is 351 Å². The van der Waals surface area contributed by atoms with Gasteiger partial charge in [0.1, 0.15) is 37.9 Å². The van der Waals surface area contributed by atoms with Gasteiger partial charge in [-0.05, 0) is 196 Å². The third-order valence-corrected chi connectivity index (χ3v) is 57.5. The maximum absolute atomic E-state index is 14.2. The number of hydrogen-bond donors (Lipinski definition) is 7. The smallest absolute Gasteiger partial charge is 0.407 e. The second-order valence-corrected chi connectivity index (χ2v) is 77.8. The lowest BCUT2D eigenvalue weighted by Gasteiger charge is -2.38. The second-order valence-electron chi connectivity index (χ2n) is 48.9. The van der Waals surface area contributed by atoms with Crippen molar-refractivity contribution < 1.29 is 95.7 Å². The fourth-order valence-corrected chi connectivity index (χ4v) is 21.0. The van der Waals surface area contributed by atoms with Crippen molar-refractivity contribution in [3.8, 4) is 35.1 Å². The minimum Gasteiger partial charge on any atom is -0.480 e. The number of ketones is 3. The van der Waals surface area contributed by atoms with Crippen LogP contribution in [0.3, 0.4) is 0 Å². The number of carboxylic acids is 1. The molecular formula is C106H180N4O20Si6. The fraction of sp³-hybridized carbons (Fsp3) is 0.698. The van der Waals surface area contributed by atoms with E-state index in [1.807, 2.05) is 73.8 Å². The number of aliphatic hydroxyl groups is 2. The van der Waals surface area contributed by atoms with Crippen LogP contribution in [0.2, 0.25) is 109 Å². The van der Waals surface area contributed by atoms with Gasteiger partial charge in [-0.2, -0.15) is 0 Å². The molecule has 3 aliphatic heterocycles. The molecule has 0 spiro atoms. The van der Waals surface area contributed by atoms with E-state index in [0.29, 0.717) is 51.8 Å². The van der Waals surface area contributed by atoms with Gasteiger partial charge < -0.3 is 87.7 Å². The molecule has 30 heteroatoms. The summed E-state index contributed by atoms with van der Waals surface area (Å²) >= 11 is 0. The minimum atomic E-state index is -2.26. The van der Waals surface area contributed by atoms with Crippen LogP contribution in [0.25, 0.3) is 22.3 Å². The lowest BCUT2D eigenvalue weighted by molar-refractivity contribution is -0.140. The Labute approximate surface area is 826 Å². The lowest BCUT2D eigenvalue weighted by Crippen LogP contribution is -2.51. The van der Waals surface area contributed by atoms with Gasteiger partial charge in [-0.3, -0.25) is 14.4 Å². The molecule has 4 aromatic carbocycles. The summed E-state index contributed by atoms with van der Waals surface area (Å²) in [5.74, 6) is -1.46. The number of alkyl carbamates (subject to hydrolysis) is 2. The highest BCUT2D eigenvalue weighted by molar-refractivity contribution is 6.76. The number of amides is 2.